The second-order valence-corrected chi connectivity index (χ2v) is 5.71. The third kappa shape index (κ3) is 5.49. The Balaban J connectivity index is 2.67. The molecular weight excluding hydrogens is 274 g/mol. The maximum absolute atomic E-state index is 12.1. The van der Waals surface area contributed by atoms with Crippen LogP contribution in [0.2, 0.25) is 0 Å². The number of anilines is 1. The fourth-order valence-electron chi connectivity index (χ4n) is 2.00. The highest BCUT2D eigenvalue weighted by molar-refractivity contribution is 5.94. The summed E-state index contributed by atoms with van der Waals surface area (Å²) in [4.78, 5) is 25.4. The Hall–Kier alpha value is -1.99. The largest absolute Gasteiger partial charge is 0.389 e. The number of hydrogen-bond donors (Lipinski definition) is 1. The highest BCUT2D eigenvalue weighted by Gasteiger charge is 2.19. The van der Waals surface area contributed by atoms with Gasteiger partial charge in [-0.15, -0.1) is 0 Å². The summed E-state index contributed by atoms with van der Waals surface area (Å²) < 4.78 is 0. The summed E-state index contributed by atoms with van der Waals surface area (Å²) in [6.07, 6.45) is 0. The topological polar surface area (TPSA) is 86.9 Å². The number of likely N-dealkylation sites (N-methyl/N-ethyl adjacent to an activating group) is 2. The molecule has 1 aromatic carbocycles. The molecule has 1 amide bonds. The molecule has 7 heteroatoms. The number of non-ortho nitro benzene ring substituents is 1. The molecule has 0 aliphatic carbocycles. The van der Waals surface area contributed by atoms with Crippen molar-refractivity contribution in [2.45, 2.75) is 19.4 Å². The Morgan fingerprint density at radius 3 is 2.24 bits per heavy atom. The van der Waals surface area contributed by atoms with Gasteiger partial charge in [0, 0.05) is 31.4 Å². The van der Waals surface area contributed by atoms with Gasteiger partial charge in [0.25, 0.3) is 5.69 Å². The third-order valence-corrected chi connectivity index (χ3v) is 2.88. The lowest BCUT2D eigenvalue weighted by molar-refractivity contribution is -0.384. The lowest BCUT2D eigenvalue weighted by Gasteiger charge is -2.26. The Labute approximate surface area is 123 Å². The maximum Gasteiger partial charge on any atom is 0.269 e. The first-order valence-electron chi connectivity index (χ1n) is 6.52. The van der Waals surface area contributed by atoms with E-state index in [9.17, 15) is 20.0 Å². The van der Waals surface area contributed by atoms with Crippen LogP contribution in [-0.2, 0) is 4.79 Å². The van der Waals surface area contributed by atoms with Gasteiger partial charge >= 0.3 is 0 Å². The smallest absolute Gasteiger partial charge is 0.269 e. The van der Waals surface area contributed by atoms with Crippen molar-refractivity contribution in [3.8, 4) is 0 Å². The summed E-state index contributed by atoms with van der Waals surface area (Å²) in [5.41, 5.74) is -0.304. The minimum absolute atomic E-state index is 0.0150. The number of nitrogens with zero attached hydrogens (tertiary/aromatic N) is 3. The van der Waals surface area contributed by atoms with E-state index in [1.54, 1.807) is 32.8 Å². The molecule has 21 heavy (non-hydrogen) atoms. The van der Waals surface area contributed by atoms with E-state index >= 15 is 0 Å². The van der Waals surface area contributed by atoms with Crippen LogP contribution in [0.15, 0.2) is 24.3 Å². The van der Waals surface area contributed by atoms with Crippen LogP contribution >= 0.6 is 0 Å². The van der Waals surface area contributed by atoms with Gasteiger partial charge in [-0.1, -0.05) is 0 Å². The van der Waals surface area contributed by atoms with Crippen LogP contribution in [0.1, 0.15) is 13.8 Å². The molecule has 0 spiro atoms. The monoisotopic (exact) mass is 295 g/mol. The second-order valence-electron chi connectivity index (χ2n) is 5.71. The van der Waals surface area contributed by atoms with Crippen molar-refractivity contribution in [3.63, 3.8) is 0 Å². The minimum Gasteiger partial charge on any atom is -0.389 e. The minimum atomic E-state index is -0.874. The van der Waals surface area contributed by atoms with Crippen molar-refractivity contribution in [3.05, 3.63) is 34.4 Å². The molecule has 0 bridgehead atoms. The molecule has 0 heterocycles. The molecule has 0 aliphatic heterocycles. The van der Waals surface area contributed by atoms with Gasteiger partial charge in [-0.05, 0) is 33.0 Å². The number of amides is 1. The van der Waals surface area contributed by atoms with Crippen LogP contribution in [0.25, 0.3) is 0 Å². The van der Waals surface area contributed by atoms with Crippen molar-refractivity contribution in [2.24, 2.45) is 0 Å². The van der Waals surface area contributed by atoms with Crippen molar-refractivity contribution < 1.29 is 14.8 Å². The van der Waals surface area contributed by atoms with Crippen molar-refractivity contribution in [1.29, 1.82) is 0 Å². The second kappa shape index (κ2) is 6.64. The van der Waals surface area contributed by atoms with Crippen LogP contribution in [0, 0.1) is 10.1 Å². The van der Waals surface area contributed by atoms with Crippen LogP contribution in [0.5, 0.6) is 0 Å². The first kappa shape index (κ1) is 17.1. The van der Waals surface area contributed by atoms with Gasteiger partial charge in [0.15, 0.2) is 0 Å². The van der Waals surface area contributed by atoms with Crippen molar-refractivity contribution >= 4 is 17.3 Å². The number of carbonyl (C=O) groups is 1. The van der Waals surface area contributed by atoms with Crippen LogP contribution in [0.4, 0.5) is 11.4 Å². The molecule has 116 valence electrons. The van der Waals surface area contributed by atoms with E-state index < -0.39 is 10.5 Å². The first-order chi connectivity index (χ1) is 9.60. The average molecular weight is 295 g/mol. The number of nitro benzene ring substituents is 1. The molecule has 7 nitrogen and oxygen atoms in total. The number of hydrogen-bond acceptors (Lipinski definition) is 5. The summed E-state index contributed by atoms with van der Waals surface area (Å²) in [5, 5.41) is 20.3. The van der Waals surface area contributed by atoms with E-state index in [2.05, 4.69) is 0 Å². The SMILES string of the molecule is CN(CC(=O)N(C)c1ccc([N+](=O)[O-])cc1)CC(C)(C)O. The summed E-state index contributed by atoms with van der Waals surface area (Å²) in [7, 11) is 3.36. The summed E-state index contributed by atoms with van der Waals surface area (Å²) in [6.45, 7) is 3.87. The molecule has 1 rings (SSSR count). The van der Waals surface area contributed by atoms with Gasteiger partial charge in [0.05, 0.1) is 17.1 Å². The Morgan fingerprint density at radius 2 is 1.81 bits per heavy atom. The van der Waals surface area contributed by atoms with Gasteiger partial charge < -0.3 is 10.0 Å². The summed E-state index contributed by atoms with van der Waals surface area (Å²) >= 11 is 0. The van der Waals surface area contributed by atoms with Crippen molar-refractivity contribution in [1.82, 2.24) is 4.90 Å². The highest BCUT2D eigenvalue weighted by Crippen LogP contribution is 2.18. The molecule has 1 N–H and O–H groups in total. The highest BCUT2D eigenvalue weighted by atomic mass is 16.6. The molecule has 0 atom stereocenters. The van der Waals surface area contributed by atoms with Gasteiger partial charge in [-0.3, -0.25) is 19.8 Å². The molecule has 0 fully saturated rings. The Kier molecular flexibility index (Phi) is 5.40. The van der Waals surface area contributed by atoms with E-state index in [4.69, 9.17) is 0 Å². The Morgan fingerprint density at radius 1 is 1.29 bits per heavy atom. The van der Waals surface area contributed by atoms with E-state index in [0.717, 1.165) is 0 Å². The van der Waals surface area contributed by atoms with E-state index in [-0.39, 0.29) is 18.1 Å². The Bertz CT molecular complexity index is 508. The maximum atomic E-state index is 12.1. The zero-order chi connectivity index (χ0) is 16.2. The summed E-state index contributed by atoms with van der Waals surface area (Å²) in [5.74, 6) is -0.157. The molecular formula is C14H21N3O4. The van der Waals surface area contributed by atoms with Gasteiger partial charge in [-0.2, -0.15) is 0 Å². The lowest BCUT2D eigenvalue weighted by Crippen LogP contribution is -2.42. The van der Waals surface area contributed by atoms with Crippen molar-refractivity contribution in [2.75, 3.05) is 32.1 Å². The van der Waals surface area contributed by atoms with Crippen LogP contribution in [-0.4, -0.2) is 53.6 Å². The van der Waals surface area contributed by atoms with Gasteiger partial charge in [0.1, 0.15) is 0 Å². The number of nitro groups is 1. The van der Waals surface area contributed by atoms with Crippen LogP contribution < -0.4 is 4.90 Å². The predicted octanol–water partition coefficient (Wildman–Crippen LogP) is 1.26. The molecule has 0 saturated heterocycles. The number of benzene rings is 1. The zero-order valence-corrected chi connectivity index (χ0v) is 12.7. The molecule has 1 aromatic rings. The fourth-order valence-corrected chi connectivity index (χ4v) is 2.00. The standard InChI is InChI=1S/C14H21N3O4/c1-14(2,19)10-15(3)9-13(18)16(4)11-5-7-12(8-6-11)17(20)21/h5-8,19H,9-10H2,1-4H3. The molecule has 0 unspecified atom stereocenters. The average Bonchev–Trinajstić information content (AvgIpc) is 2.35. The van der Waals surface area contributed by atoms with Crippen LogP contribution in [0.3, 0.4) is 0 Å². The van der Waals surface area contributed by atoms with E-state index in [0.29, 0.717) is 12.2 Å². The quantitative estimate of drug-likeness (QED) is 0.630. The molecule has 0 aromatic heterocycles. The lowest BCUT2D eigenvalue weighted by atomic mass is 10.1. The molecule has 0 radical (unpaired) electrons. The van der Waals surface area contributed by atoms with E-state index in [1.807, 2.05) is 0 Å². The molecule has 0 aliphatic rings. The number of aliphatic hydroxyl groups is 1. The number of carbonyl (C=O) groups excluding carboxylic acids is 1. The van der Waals surface area contributed by atoms with Gasteiger partial charge in [-0.25, -0.2) is 0 Å². The first-order valence-corrected chi connectivity index (χ1v) is 6.52. The third-order valence-electron chi connectivity index (χ3n) is 2.88. The summed E-state index contributed by atoms with van der Waals surface area (Å²) in [6, 6.07) is 5.79. The van der Waals surface area contributed by atoms with Gasteiger partial charge in [0.2, 0.25) is 5.91 Å². The number of rotatable bonds is 6. The fraction of sp³-hybridized carbons (Fsp3) is 0.500. The normalized spacial score (nSPS) is 11.5. The molecule has 0 saturated carbocycles. The van der Waals surface area contributed by atoms with E-state index in [1.165, 1.54) is 29.2 Å². The zero-order valence-electron chi connectivity index (χ0n) is 12.7. The predicted molar refractivity (Wildman–Crippen MR) is 80.3 cm³/mol.